The zero-order valence-corrected chi connectivity index (χ0v) is 14.8. The SMILES string of the molecule is CC(C)CNC(=O)C(C)N1CCCC(N2CCCCCC2)C1. The van der Waals surface area contributed by atoms with Gasteiger partial charge in [0.2, 0.25) is 5.91 Å². The van der Waals surface area contributed by atoms with E-state index in [0.29, 0.717) is 12.0 Å². The van der Waals surface area contributed by atoms with Crippen molar-refractivity contribution in [3.05, 3.63) is 0 Å². The first kappa shape index (κ1) is 17.7. The molecule has 0 saturated carbocycles. The quantitative estimate of drug-likeness (QED) is 0.847. The molecule has 0 aromatic heterocycles. The Hall–Kier alpha value is -0.610. The van der Waals surface area contributed by atoms with E-state index in [1.165, 1.54) is 51.6 Å². The van der Waals surface area contributed by atoms with Crippen LogP contribution in [0, 0.1) is 5.92 Å². The summed E-state index contributed by atoms with van der Waals surface area (Å²) in [5.74, 6) is 0.715. The average molecular weight is 309 g/mol. The lowest BCUT2D eigenvalue weighted by Crippen LogP contribution is -2.54. The molecule has 4 heteroatoms. The van der Waals surface area contributed by atoms with Gasteiger partial charge in [0.15, 0.2) is 0 Å². The molecule has 0 aliphatic carbocycles. The number of likely N-dealkylation sites (tertiary alicyclic amines) is 2. The monoisotopic (exact) mass is 309 g/mol. The maximum Gasteiger partial charge on any atom is 0.237 e. The van der Waals surface area contributed by atoms with E-state index in [0.717, 1.165) is 19.6 Å². The highest BCUT2D eigenvalue weighted by Gasteiger charge is 2.30. The van der Waals surface area contributed by atoms with Gasteiger partial charge in [-0.15, -0.1) is 0 Å². The van der Waals surface area contributed by atoms with Crippen LogP contribution in [-0.4, -0.2) is 60.5 Å². The number of rotatable bonds is 5. The lowest BCUT2D eigenvalue weighted by molar-refractivity contribution is -0.126. The number of carbonyl (C=O) groups is 1. The Morgan fingerprint density at radius 2 is 1.73 bits per heavy atom. The van der Waals surface area contributed by atoms with Crippen LogP contribution in [0.15, 0.2) is 0 Å². The predicted octanol–water partition coefficient (Wildman–Crippen LogP) is 2.49. The summed E-state index contributed by atoms with van der Waals surface area (Å²) < 4.78 is 0. The number of carbonyl (C=O) groups excluding carboxylic acids is 1. The summed E-state index contributed by atoms with van der Waals surface area (Å²) in [4.78, 5) is 17.4. The summed E-state index contributed by atoms with van der Waals surface area (Å²) in [6.45, 7) is 11.8. The Kier molecular flexibility index (Phi) is 7.16. The van der Waals surface area contributed by atoms with E-state index < -0.39 is 0 Å². The molecule has 0 spiro atoms. The standard InChI is InChI=1S/C18H35N3O/c1-15(2)13-19-18(22)16(3)21-12-8-9-17(14-21)20-10-6-4-5-7-11-20/h15-17H,4-14H2,1-3H3,(H,19,22). The van der Waals surface area contributed by atoms with Crippen LogP contribution in [0.4, 0.5) is 0 Å². The summed E-state index contributed by atoms with van der Waals surface area (Å²) in [6.07, 6.45) is 8.00. The highest BCUT2D eigenvalue weighted by atomic mass is 16.2. The topological polar surface area (TPSA) is 35.6 Å². The molecule has 0 aromatic rings. The minimum Gasteiger partial charge on any atom is -0.354 e. The molecule has 2 aliphatic rings. The molecule has 1 amide bonds. The number of amides is 1. The number of hydrogen-bond donors (Lipinski definition) is 1. The molecule has 0 radical (unpaired) electrons. The van der Waals surface area contributed by atoms with Gasteiger partial charge in [-0.2, -0.15) is 0 Å². The van der Waals surface area contributed by atoms with Gasteiger partial charge in [0.25, 0.3) is 0 Å². The number of hydrogen-bond acceptors (Lipinski definition) is 3. The van der Waals surface area contributed by atoms with Crippen LogP contribution in [0.25, 0.3) is 0 Å². The Morgan fingerprint density at radius 3 is 2.36 bits per heavy atom. The lowest BCUT2D eigenvalue weighted by Gasteiger charge is -2.41. The van der Waals surface area contributed by atoms with Gasteiger partial charge < -0.3 is 5.32 Å². The summed E-state index contributed by atoms with van der Waals surface area (Å²) in [7, 11) is 0. The van der Waals surface area contributed by atoms with E-state index in [4.69, 9.17) is 0 Å². The van der Waals surface area contributed by atoms with Crippen LogP contribution in [0.3, 0.4) is 0 Å². The van der Waals surface area contributed by atoms with E-state index >= 15 is 0 Å². The molecule has 2 atom stereocenters. The van der Waals surface area contributed by atoms with Crippen molar-refractivity contribution in [1.82, 2.24) is 15.1 Å². The molecule has 2 aliphatic heterocycles. The van der Waals surface area contributed by atoms with E-state index in [-0.39, 0.29) is 11.9 Å². The summed E-state index contributed by atoms with van der Waals surface area (Å²) in [5.41, 5.74) is 0. The molecule has 1 N–H and O–H groups in total. The van der Waals surface area contributed by atoms with Crippen LogP contribution in [-0.2, 0) is 4.79 Å². The second-order valence-electron chi connectivity index (χ2n) is 7.56. The second kappa shape index (κ2) is 8.88. The molecule has 128 valence electrons. The van der Waals surface area contributed by atoms with Crippen molar-refractivity contribution < 1.29 is 4.79 Å². The van der Waals surface area contributed by atoms with Crippen LogP contribution in [0.5, 0.6) is 0 Å². The second-order valence-corrected chi connectivity index (χ2v) is 7.56. The molecule has 2 heterocycles. The number of piperidine rings is 1. The normalized spacial score (nSPS) is 26.6. The van der Waals surface area contributed by atoms with Crippen LogP contribution < -0.4 is 5.32 Å². The average Bonchev–Trinajstić information content (AvgIpc) is 2.81. The van der Waals surface area contributed by atoms with Crippen LogP contribution in [0.1, 0.15) is 59.3 Å². The fourth-order valence-electron chi connectivity index (χ4n) is 3.71. The fourth-order valence-corrected chi connectivity index (χ4v) is 3.71. The first-order valence-electron chi connectivity index (χ1n) is 9.33. The van der Waals surface area contributed by atoms with Crippen molar-refractivity contribution in [3.8, 4) is 0 Å². The van der Waals surface area contributed by atoms with Gasteiger partial charge in [0.05, 0.1) is 6.04 Å². The Morgan fingerprint density at radius 1 is 1.05 bits per heavy atom. The van der Waals surface area contributed by atoms with Gasteiger partial charge in [-0.25, -0.2) is 0 Å². The van der Waals surface area contributed by atoms with Gasteiger partial charge in [0.1, 0.15) is 0 Å². The predicted molar refractivity (Wildman–Crippen MR) is 91.9 cm³/mol. The van der Waals surface area contributed by atoms with Crippen molar-refractivity contribution in [3.63, 3.8) is 0 Å². The molecule has 2 fully saturated rings. The van der Waals surface area contributed by atoms with E-state index in [1.807, 2.05) is 0 Å². The van der Waals surface area contributed by atoms with Gasteiger partial charge in [-0.1, -0.05) is 26.7 Å². The first-order valence-corrected chi connectivity index (χ1v) is 9.33. The maximum atomic E-state index is 12.3. The largest absolute Gasteiger partial charge is 0.354 e. The minimum atomic E-state index is 0.00790. The highest BCUT2D eigenvalue weighted by molar-refractivity contribution is 5.81. The zero-order chi connectivity index (χ0) is 15.9. The molecule has 22 heavy (non-hydrogen) atoms. The number of nitrogens with one attached hydrogen (secondary N) is 1. The van der Waals surface area contributed by atoms with Gasteiger partial charge in [0, 0.05) is 19.1 Å². The van der Waals surface area contributed by atoms with Gasteiger partial charge >= 0.3 is 0 Å². The van der Waals surface area contributed by atoms with Crippen LogP contribution in [0.2, 0.25) is 0 Å². The smallest absolute Gasteiger partial charge is 0.237 e. The van der Waals surface area contributed by atoms with Crippen molar-refractivity contribution in [2.45, 2.75) is 71.4 Å². The lowest BCUT2D eigenvalue weighted by atomic mass is 10.0. The first-order chi connectivity index (χ1) is 10.6. The molecule has 4 nitrogen and oxygen atoms in total. The van der Waals surface area contributed by atoms with E-state index in [9.17, 15) is 4.79 Å². The van der Waals surface area contributed by atoms with Gasteiger partial charge in [-0.05, 0) is 58.2 Å². The van der Waals surface area contributed by atoms with Crippen molar-refractivity contribution >= 4 is 5.91 Å². The Labute approximate surface area is 136 Å². The third-order valence-corrected chi connectivity index (χ3v) is 5.20. The van der Waals surface area contributed by atoms with Crippen molar-refractivity contribution in [2.24, 2.45) is 5.92 Å². The molecular weight excluding hydrogens is 274 g/mol. The third kappa shape index (κ3) is 5.24. The zero-order valence-electron chi connectivity index (χ0n) is 14.8. The fraction of sp³-hybridized carbons (Fsp3) is 0.944. The van der Waals surface area contributed by atoms with Crippen molar-refractivity contribution in [1.29, 1.82) is 0 Å². The molecular formula is C18H35N3O. The minimum absolute atomic E-state index is 0.00790. The van der Waals surface area contributed by atoms with Gasteiger partial charge in [-0.3, -0.25) is 14.6 Å². The molecule has 0 aromatic carbocycles. The van der Waals surface area contributed by atoms with Crippen molar-refractivity contribution in [2.75, 3.05) is 32.7 Å². The Bertz CT molecular complexity index is 337. The maximum absolute atomic E-state index is 12.3. The molecule has 2 unspecified atom stereocenters. The summed E-state index contributed by atoms with van der Waals surface area (Å²) in [5, 5.41) is 3.09. The van der Waals surface area contributed by atoms with E-state index in [2.05, 4.69) is 35.9 Å². The summed E-state index contributed by atoms with van der Waals surface area (Å²) >= 11 is 0. The molecule has 0 bridgehead atoms. The molecule has 2 rings (SSSR count). The van der Waals surface area contributed by atoms with Crippen LogP contribution >= 0.6 is 0 Å². The summed E-state index contributed by atoms with van der Waals surface area (Å²) in [6, 6.07) is 0.667. The third-order valence-electron chi connectivity index (χ3n) is 5.20. The highest BCUT2D eigenvalue weighted by Crippen LogP contribution is 2.21. The van der Waals surface area contributed by atoms with E-state index in [1.54, 1.807) is 0 Å². The Balaban J connectivity index is 1.84. The molecule has 2 saturated heterocycles. The number of nitrogens with zero attached hydrogens (tertiary/aromatic N) is 2.